The largest absolute Gasteiger partial charge is 0.348 e. The van der Waals surface area contributed by atoms with E-state index in [1.165, 1.54) is 37.9 Å². The predicted molar refractivity (Wildman–Crippen MR) is 102 cm³/mol. The summed E-state index contributed by atoms with van der Waals surface area (Å²) < 4.78 is 0. The molecule has 0 saturated carbocycles. The molecular weight excluding hydrogens is 308 g/mol. The maximum absolute atomic E-state index is 11.9. The Bertz CT molecular complexity index is 686. The van der Waals surface area contributed by atoms with E-state index >= 15 is 0 Å². The molecule has 1 amide bonds. The molecule has 1 saturated heterocycles. The van der Waals surface area contributed by atoms with Crippen LogP contribution in [0.15, 0.2) is 60.7 Å². The third-order valence-corrected chi connectivity index (χ3v) is 4.73. The van der Waals surface area contributed by atoms with Crippen LogP contribution in [0.5, 0.6) is 0 Å². The highest BCUT2D eigenvalue weighted by atomic mass is 16.1. The minimum absolute atomic E-state index is 0.0642. The first-order chi connectivity index (χ1) is 12.3. The van der Waals surface area contributed by atoms with E-state index < -0.39 is 0 Å². The van der Waals surface area contributed by atoms with E-state index in [1.807, 2.05) is 36.4 Å². The van der Waals surface area contributed by atoms with E-state index in [-0.39, 0.29) is 5.91 Å². The highest BCUT2D eigenvalue weighted by Crippen LogP contribution is 2.05. The second-order valence-electron chi connectivity index (χ2n) is 6.77. The first-order valence-electron chi connectivity index (χ1n) is 9.22. The molecule has 0 aromatic heterocycles. The summed E-state index contributed by atoms with van der Waals surface area (Å²) >= 11 is 0. The summed E-state index contributed by atoms with van der Waals surface area (Å²) in [5.74, 6) is -0.0642. The van der Waals surface area contributed by atoms with Gasteiger partial charge in [0.2, 0.25) is 5.91 Å². The van der Waals surface area contributed by atoms with Gasteiger partial charge in [0.05, 0.1) is 13.1 Å². The second kappa shape index (κ2) is 9.19. The molecule has 1 fully saturated rings. The normalized spacial score (nSPS) is 15.4. The first kappa shape index (κ1) is 17.4. The second-order valence-corrected chi connectivity index (χ2v) is 6.77. The fraction of sp³-hybridized carbons (Fsp3) is 0.318. The van der Waals surface area contributed by atoms with Gasteiger partial charge in [-0.25, -0.2) is 0 Å². The van der Waals surface area contributed by atoms with E-state index in [2.05, 4.69) is 29.6 Å². The van der Waals surface area contributed by atoms with E-state index in [0.717, 1.165) is 17.7 Å². The van der Waals surface area contributed by atoms with Crippen molar-refractivity contribution in [3.05, 3.63) is 77.4 Å². The van der Waals surface area contributed by atoms with Crippen molar-refractivity contribution in [3.8, 4) is 0 Å². The molecule has 3 nitrogen and oxygen atoms in total. The maximum atomic E-state index is 11.9. The van der Waals surface area contributed by atoms with Gasteiger partial charge in [0.25, 0.3) is 0 Å². The van der Waals surface area contributed by atoms with Crippen LogP contribution in [0.25, 0.3) is 6.08 Å². The topological polar surface area (TPSA) is 33.5 Å². The van der Waals surface area contributed by atoms with Gasteiger partial charge in [0.1, 0.15) is 6.54 Å². The molecule has 0 unspecified atom stereocenters. The summed E-state index contributed by atoms with van der Waals surface area (Å²) in [6.07, 6.45) is 7.52. The summed E-state index contributed by atoms with van der Waals surface area (Å²) in [5.41, 5.74) is 3.55. The molecule has 0 atom stereocenters. The number of nitrogens with one attached hydrogen (secondary N) is 2. The van der Waals surface area contributed by atoms with Crippen molar-refractivity contribution in [2.75, 3.05) is 13.1 Å². The van der Waals surface area contributed by atoms with Gasteiger partial charge < -0.3 is 10.2 Å². The molecule has 0 aliphatic carbocycles. The molecule has 2 N–H and O–H groups in total. The smallest absolute Gasteiger partial charge is 0.244 e. The van der Waals surface area contributed by atoms with Crippen LogP contribution in [-0.4, -0.2) is 19.0 Å². The fourth-order valence-electron chi connectivity index (χ4n) is 3.28. The Kier molecular flexibility index (Phi) is 6.41. The lowest BCUT2D eigenvalue weighted by Gasteiger charge is -2.23. The molecular formula is C22H27N2O+. The summed E-state index contributed by atoms with van der Waals surface area (Å²) in [6.45, 7) is 4.28. The molecule has 0 bridgehead atoms. The quantitative estimate of drug-likeness (QED) is 0.782. The van der Waals surface area contributed by atoms with Gasteiger partial charge in [-0.05, 0) is 36.5 Å². The maximum Gasteiger partial charge on any atom is 0.244 e. The Morgan fingerprint density at radius 2 is 1.60 bits per heavy atom. The monoisotopic (exact) mass is 335 g/mol. The average Bonchev–Trinajstić information content (AvgIpc) is 2.67. The van der Waals surface area contributed by atoms with Gasteiger partial charge in [-0.3, -0.25) is 4.79 Å². The van der Waals surface area contributed by atoms with E-state index in [4.69, 9.17) is 0 Å². The van der Waals surface area contributed by atoms with Gasteiger partial charge >= 0.3 is 0 Å². The van der Waals surface area contributed by atoms with Crippen molar-refractivity contribution in [2.45, 2.75) is 32.4 Å². The van der Waals surface area contributed by atoms with Crippen LogP contribution >= 0.6 is 0 Å². The van der Waals surface area contributed by atoms with Gasteiger partial charge in [-0.1, -0.05) is 54.6 Å². The number of benzene rings is 2. The Morgan fingerprint density at radius 3 is 2.32 bits per heavy atom. The van der Waals surface area contributed by atoms with Crippen molar-refractivity contribution >= 4 is 12.0 Å². The van der Waals surface area contributed by atoms with E-state index in [1.54, 1.807) is 11.0 Å². The molecule has 3 heteroatoms. The van der Waals surface area contributed by atoms with Crippen molar-refractivity contribution in [2.24, 2.45) is 0 Å². The lowest BCUT2D eigenvalue weighted by atomic mass is 10.1. The highest BCUT2D eigenvalue weighted by Gasteiger charge is 2.13. The highest BCUT2D eigenvalue weighted by molar-refractivity contribution is 5.91. The van der Waals surface area contributed by atoms with Crippen molar-refractivity contribution < 1.29 is 9.69 Å². The summed E-state index contributed by atoms with van der Waals surface area (Å²) in [7, 11) is 0. The Hall–Kier alpha value is -2.39. The standard InChI is InChI=1S/C22H26N2O/c25-22(14-13-19-7-3-1-4-8-19)23-17-20-9-11-21(12-10-20)18-24-15-5-2-6-16-24/h1,3-4,7-14H,2,5-6,15-18H2,(H,23,25)/p+1/b14-13+. The van der Waals surface area contributed by atoms with Gasteiger partial charge in [0.15, 0.2) is 0 Å². The van der Waals surface area contributed by atoms with Crippen LogP contribution in [0.4, 0.5) is 0 Å². The van der Waals surface area contributed by atoms with E-state index in [9.17, 15) is 4.79 Å². The minimum atomic E-state index is -0.0642. The van der Waals surface area contributed by atoms with Crippen LogP contribution in [0, 0.1) is 0 Å². The summed E-state index contributed by atoms with van der Waals surface area (Å²) in [4.78, 5) is 13.6. The van der Waals surface area contributed by atoms with Gasteiger partial charge in [0, 0.05) is 18.2 Å². The molecule has 3 rings (SSSR count). The molecule has 130 valence electrons. The number of hydrogen-bond donors (Lipinski definition) is 2. The van der Waals surface area contributed by atoms with Crippen molar-refractivity contribution in [1.29, 1.82) is 0 Å². The predicted octanol–water partition coefficient (Wildman–Crippen LogP) is 2.59. The third kappa shape index (κ3) is 5.87. The summed E-state index contributed by atoms with van der Waals surface area (Å²) in [6, 6.07) is 18.5. The molecule has 0 radical (unpaired) electrons. The number of rotatable bonds is 6. The zero-order chi connectivity index (χ0) is 17.3. The zero-order valence-electron chi connectivity index (χ0n) is 14.7. The molecule has 1 heterocycles. The first-order valence-corrected chi connectivity index (χ1v) is 9.22. The number of piperidine rings is 1. The lowest BCUT2D eigenvalue weighted by molar-refractivity contribution is -0.918. The molecule has 1 aliphatic heterocycles. The Morgan fingerprint density at radius 1 is 0.920 bits per heavy atom. The fourth-order valence-corrected chi connectivity index (χ4v) is 3.28. The van der Waals surface area contributed by atoms with E-state index in [0.29, 0.717) is 6.54 Å². The number of amides is 1. The van der Waals surface area contributed by atoms with Crippen LogP contribution in [-0.2, 0) is 17.9 Å². The molecule has 0 spiro atoms. The Balaban J connectivity index is 1.45. The van der Waals surface area contributed by atoms with Crippen LogP contribution in [0.2, 0.25) is 0 Å². The van der Waals surface area contributed by atoms with Crippen molar-refractivity contribution in [1.82, 2.24) is 5.32 Å². The lowest BCUT2D eigenvalue weighted by Crippen LogP contribution is -3.11. The number of hydrogen-bond acceptors (Lipinski definition) is 1. The van der Waals surface area contributed by atoms with Gasteiger partial charge in [-0.2, -0.15) is 0 Å². The molecule has 2 aromatic rings. The Labute approximate surface area is 150 Å². The SMILES string of the molecule is O=C(/C=C/c1ccccc1)NCc1ccc(C[NH+]2CCCCC2)cc1. The van der Waals surface area contributed by atoms with Crippen molar-refractivity contribution in [3.63, 3.8) is 0 Å². The van der Waals surface area contributed by atoms with Crippen LogP contribution < -0.4 is 10.2 Å². The number of quaternary nitrogens is 1. The number of likely N-dealkylation sites (tertiary alicyclic amines) is 1. The third-order valence-electron chi connectivity index (χ3n) is 4.73. The van der Waals surface area contributed by atoms with Crippen LogP contribution in [0.1, 0.15) is 36.0 Å². The van der Waals surface area contributed by atoms with Crippen LogP contribution in [0.3, 0.4) is 0 Å². The number of carbonyl (C=O) groups excluding carboxylic acids is 1. The molecule has 2 aromatic carbocycles. The molecule has 25 heavy (non-hydrogen) atoms. The minimum Gasteiger partial charge on any atom is -0.348 e. The average molecular weight is 335 g/mol. The van der Waals surface area contributed by atoms with Gasteiger partial charge in [-0.15, -0.1) is 0 Å². The molecule has 1 aliphatic rings. The summed E-state index contributed by atoms with van der Waals surface area (Å²) in [5, 5.41) is 2.94. The zero-order valence-corrected chi connectivity index (χ0v) is 14.7. The number of carbonyl (C=O) groups is 1.